The number of fused-ring (bicyclic) bond motifs is 2. The third kappa shape index (κ3) is 3.32. The van der Waals surface area contributed by atoms with E-state index in [4.69, 9.17) is 11.6 Å². The fourth-order valence-corrected chi connectivity index (χ4v) is 6.87. The monoisotopic (exact) mass is 403 g/mol. The molecule has 144 valence electrons. The first-order valence-electron chi connectivity index (χ1n) is 9.57. The molecule has 0 radical (unpaired) electrons. The summed E-state index contributed by atoms with van der Waals surface area (Å²) in [6.45, 7) is 7.30. The lowest BCUT2D eigenvalue weighted by Crippen LogP contribution is -2.45. The van der Waals surface area contributed by atoms with Crippen LogP contribution in [0.25, 0.3) is 11.1 Å². The molecule has 4 rings (SSSR count). The van der Waals surface area contributed by atoms with Crippen LogP contribution in [0.4, 0.5) is 0 Å². The van der Waals surface area contributed by atoms with Crippen LogP contribution >= 0.6 is 11.6 Å². The van der Waals surface area contributed by atoms with Crippen molar-refractivity contribution in [1.82, 2.24) is 4.31 Å². The molecule has 3 unspecified atom stereocenters. The van der Waals surface area contributed by atoms with Crippen molar-refractivity contribution in [1.29, 1.82) is 0 Å². The molecule has 2 bridgehead atoms. The van der Waals surface area contributed by atoms with Crippen LogP contribution in [0.2, 0.25) is 5.02 Å². The average molecular weight is 404 g/mol. The summed E-state index contributed by atoms with van der Waals surface area (Å²) in [7, 11) is -3.47. The second kappa shape index (κ2) is 6.61. The summed E-state index contributed by atoms with van der Waals surface area (Å²) < 4.78 is 28.4. The molecule has 1 saturated carbocycles. The molecular weight excluding hydrogens is 378 g/mol. The number of hydrogen-bond donors (Lipinski definition) is 0. The van der Waals surface area contributed by atoms with Crippen molar-refractivity contribution in [2.75, 3.05) is 6.54 Å². The molecule has 0 amide bonds. The predicted octanol–water partition coefficient (Wildman–Crippen LogP) is 5.45. The molecule has 3 nitrogen and oxygen atoms in total. The molecular formula is C22H26ClNO2S. The Hall–Kier alpha value is -1.36. The van der Waals surface area contributed by atoms with Crippen LogP contribution < -0.4 is 0 Å². The largest absolute Gasteiger partial charge is 0.243 e. The molecule has 0 N–H and O–H groups in total. The van der Waals surface area contributed by atoms with E-state index >= 15 is 0 Å². The third-order valence-corrected chi connectivity index (χ3v) is 8.46. The molecule has 2 aromatic carbocycles. The average Bonchev–Trinajstić information content (AvgIpc) is 3.16. The maximum atomic E-state index is 13.3. The van der Waals surface area contributed by atoms with Gasteiger partial charge in [-0.05, 0) is 65.5 Å². The lowest BCUT2D eigenvalue weighted by atomic mass is 9.83. The quantitative estimate of drug-likeness (QED) is 0.680. The van der Waals surface area contributed by atoms with E-state index in [0.717, 1.165) is 24.0 Å². The molecule has 1 saturated heterocycles. The Bertz CT molecular complexity index is 937. The lowest BCUT2D eigenvalue weighted by Gasteiger charge is -2.37. The minimum absolute atomic E-state index is 0.121. The van der Waals surface area contributed by atoms with Gasteiger partial charge in [0, 0.05) is 17.6 Å². The zero-order valence-corrected chi connectivity index (χ0v) is 17.6. The Labute approximate surface area is 167 Å². The maximum absolute atomic E-state index is 13.3. The van der Waals surface area contributed by atoms with E-state index in [1.807, 2.05) is 36.4 Å². The number of halogens is 1. The minimum atomic E-state index is -3.47. The number of sulfonamides is 1. The van der Waals surface area contributed by atoms with Gasteiger partial charge in [-0.3, -0.25) is 0 Å². The van der Waals surface area contributed by atoms with Crippen LogP contribution in [0.5, 0.6) is 0 Å². The second-order valence-corrected chi connectivity index (χ2v) is 11.1. The van der Waals surface area contributed by atoms with Gasteiger partial charge in [0.15, 0.2) is 0 Å². The summed E-state index contributed by atoms with van der Waals surface area (Å²) in [5.74, 6) is 0.953. The first-order valence-corrected chi connectivity index (χ1v) is 11.4. The molecule has 3 atom stereocenters. The van der Waals surface area contributed by atoms with Gasteiger partial charge in [-0.15, -0.1) is 0 Å². The molecule has 1 heterocycles. The Morgan fingerprint density at radius 2 is 1.56 bits per heavy atom. The van der Waals surface area contributed by atoms with Gasteiger partial charge in [0.05, 0.1) is 4.90 Å². The van der Waals surface area contributed by atoms with Gasteiger partial charge in [0.2, 0.25) is 10.0 Å². The normalized spacial score (nSPS) is 28.2. The van der Waals surface area contributed by atoms with Crippen LogP contribution in [0.15, 0.2) is 53.4 Å². The number of hydrogen-bond acceptors (Lipinski definition) is 2. The molecule has 2 fully saturated rings. The first-order chi connectivity index (χ1) is 12.7. The van der Waals surface area contributed by atoms with E-state index in [-0.39, 0.29) is 11.5 Å². The number of piperidine rings is 1. The highest BCUT2D eigenvalue weighted by molar-refractivity contribution is 7.89. The highest BCUT2D eigenvalue weighted by Crippen LogP contribution is 2.54. The molecule has 0 aromatic heterocycles. The third-order valence-electron chi connectivity index (χ3n) is 6.33. The lowest BCUT2D eigenvalue weighted by molar-refractivity contribution is 0.170. The second-order valence-electron chi connectivity index (χ2n) is 8.78. The van der Waals surface area contributed by atoms with E-state index in [1.165, 1.54) is 0 Å². The zero-order valence-electron chi connectivity index (χ0n) is 16.0. The van der Waals surface area contributed by atoms with E-state index < -0.39 is 10.0 Å². The van der Waals surface area contributed by atoms with E-state index in [9.17, 15) is 8.42 Å². The standard InChI is InChI=1S/C22H26ClNO2S/c1-15(2)20-12-22(3)13-21(20)24(14-22)27(25,26)19-10-6-17(7-11-19)16-4-8-18(23)9-5-16/h4-11,15,20-21H,12-14H2,1-3H3. The SMILES string of the molecule is CC(C)C1CC2(C)CC1N(S(=O)(=O)c1ccc(-c3ccc(Cl)cc3)cc1)C2. The smallest absolute Gasteiger partial charge is 0.207 e. The number of rotatable bonds is 4. The van der Waals surface area contributed by atoms with Crippen LogP contribution in [-0.4, -0.2) is 25.3 Å². The van der Waals surface area contributed by atoms with E-state index in [1.54, 1.807) is 16.4 Å². The molecule has 27 heavy (non-hydrogen) atoms. The summed E-state index contributed by atoms with van der Waals surface area (Å²) in [5, 5.41) is 0.690. The van der Waals surface area contributed by atoms with Crippen molar-refractivity contribution in [2.45, 2.75) is 44.6 Å². The first kappa shape index (κ1) is 19.0. The molecule has 1 aliphatic heterocycles. The summed E-state index contributed by atoms with van der Waals surface area (Å²) in [6.07, 6.45) is 2.12. The zero-order chi connectivity index (χ0) is 19.4. The van der Waals surface area contributed by atoms with Crippen molar-refractivity contribution in [3.8, 4) is 11.1 Å². The van der Waals surface area contributed by atoms with Gasteiger partial charge < -0.3 is 0 Å². The highest BCUT2D eigenvalue weighted by Gasteiger charge is 2.56. The summed E-state index contributed by atoms with van der Waals surface area (Å²) >= 11 is 5.95. The van der Waals surface area contributed by atoms with Crippen LogP contribution in [0.1, 0.15) is 33.6 Å². The van der Waals surface area contributed by atoms with E-state index in [0.29, 0.717) is 28.3 Å². The summed E-state index contributed by atoms with van der Waals surface area (Å²) in [5.41, 5.74) is 2.13. The van der Waals surface area contributed by atoms with Crippen molar-refractivity contribution in [3.05, 3.63) is 53.6 Å². The molecule has 2 aromatic rings. The van der Waals surface area contributed by atoms with Crippen molar-refractivity contribution >= 4 is 21.6 Å². The molecule has 2 aliphatic rings. The Balaban J connectivity index is 1.62. The number of benzene rings is 2. The van der Waals surface area contributed by atoms with Crippen LogP contribution in [0, 0.1) is 17.3 Å². The van der Waals surface area contributed by atoms with Crippen molar-refractivity contribution in [2.24, 2.45) is 17.3 Å². The molecule has 5 heteroatoms. The van der Waals surface area contributed by atoms with Gasteiger partial charge >= 0.3 is 0 Å². The summed E-state index contributed by atoms with van der Waals surface area (Å²) in [4.78, 5) is 0.388. The van der Waals surface area contributed by atoms with E-state index in [2.05, 4.69) is 20.8 Å². The highest BCUT2D eigenvalue weighted by atomic mass is 35.5. The molecule has 0 spiro atoms. The Kier molecular flexibility index (Phi) is 4.65. The van der Waals surface area contributed by atoms with Gasteiger partial charge in [0.25, 0.3) is 0 Å². The van der Waals surface area contributed by atoms with Gasteiger partial charge in [-0.1, -0.05) is 56.6 Å². The predicted molar refractivity (Wildman–Crippen MR) is 110 cm³/mol. The van der Waals surface area contributed by atoms with Crippen LogP contribution in [-0.2, 0) is 10.0 Å². The van der Waals surface area contributed by atoms with Gasteiger partial charge in [0.1, 0.15) is 0 Å². The maximum Gasteiger partial charge on any atom is 0.243 e. The van der Waals surface area contributed by atoms with Crippen LogP contribution in [0.3, 0.4) is 0 Å². The van der Waals surface area contributed by atoms with Gasteiger partial charge in [-0.25, -0.2) is 8.42 Å². The Morgan fingerprint density at radius 1 is 1.00 bits per heavy atom. The minimum Gasteiger partial charge on any atom is -0.207 e. The topological polar surface area (TPSA) is 37.4 Å². The summed E-state index contributed by atoms with van der Waals surface area (Å²) in [6, 6.07) is 14.9. The molecule has 1 aliphatic carbocycles. The van der Waals surface area contributed by atoms with Gasteiger partial charge in [-0.2, -0.15) is 4.31 Å². The van der Waals surface area contributed by atoms with Crippen molar-refractivity contribution < 1.29 is 8.42 Å². The fourth-order valence-electron chi connectivity index (χ4n) is 4.92. The fraction of sp³-hybridized carbons (Fsp3) is 0.455. The number of nitrogens with zero attached hydrogens (tertiary/aromatic N) is 1. The Morgan fingerprint density at radius 3 is 2.07 bits per heavy atom. The van der Waals surface area contributed by atoms with Crippen molar-refractivity contribution in [3.63, 3.8) is 0 Å².